The van der Waals surface area contributed by atoms with Gasteiger partial charge in [-0.1, -0.05) is 46.9 Å². The minimum Gasteiger partial charge on any atom is -0.331 e. The number of hydrogen-bond acceptors (Lipinski definition) is 3. The Morgan fingerprint density at radius 3 is 2.36 bits per heavy atom. The number of rotatable bonds is 3. The van der Waals surface area contributed by atoms with E-state index in [0.717, 1.165) is 27.0 Å². The zero-order valence-electron chi connectivity index (χ0n) is 11.5. The van der Waals surface area contributed by atoms with E-state index < -0.39 is 0 Å². The highest BCUT2D eigenvalue weighted by molar-refractivity contribution is 7.16. The first-order valence-corrected chi connectivity index (χ1v) is 8.43. The number of thiazole rings is 1. The van der Waals surface area contributed by atoms with Crippen LogP contribution in [0.1, 0.15) is 4.88 Å². The SMILES string of the molecule is Cc1sc(Nc2ccc(Cl)c(Cl)c2)nc1-c1ccc(Cl)cc1. The predicted molar refractivity (Wildman–Crippen MR) is 97.0 cm³/mol. The van der Waals surface area contributed by atoms with Crippen molar-refractivity contribution in [3.05, 3.63) is 62.4 Å². The van der Waals surface area contributed by atoms with Crippen molar-refractivity contribution in [3.8, 4) is 11.3 Å². The molecule has 3 rings (SSSR count). The van der Waals surface area contributed by atoms with Crippen LogP contribution in [0.4, 0.5) is 10.8 Å². The van der Waals surface area contributed by atoms with Crippen LogP contribution in [0.5, 0.6) is 0 Å². The lowest BCUT2D eigenvalue weighted by molar-refractivity contribution is 1.36. The van der Waals surface area contributed by atoms with E-state index in [2.05, 4.69) is 10.3 Å². The van der Waals surface area contributed by atoms with E-state index in [4.69, 9.17) is 34.8 Å². The van der Waals surface area contributed by atoms with Gasteiger partial charge in [-0.25, -0.2) is 4.98 Å². The van der Waals surface area contributed by atoms with E-state index in [9.17, 15) is 0 Å². The first-order valence-electron chi connectivity index (χ1n) is 6.48. The van der Waals surface area contributed by atoms with E-state index >= 15 is 0 Å². The van der Waals surface area contributed by atoms with Crippen LogP contribution in [0.25, 0.3) is 11.3 Å². The molecule has 2 nitrogen and oxygen atoms in total. The Bertz CT molecular complexity index is 813. The molecule has 0 radical (unpaired) electrons. The highest BCUT2D eigenvalue weighted by atomic mass is 35.5. The topological polar surface area (TPSA) is 24.9 Å². The van der Waals surface area contributed by atoms with Gasteiger partial charge < -0.3 is 5.32 Å². The van der Waals surface area contributed by atoms with Gasteiger partial charge in [-0.15, -0.1) is 11.3 Å². The van der Waals surface area contributed by atoms with Gasteiger partial charge >= 0.3 is 0 Å². The van der Waals surface area contributed by atoms with E-state index in [1.165, 1.54) is 0 Å². The molecule has 112 valence electrons. The molecule has 0 bridgehead atoms. The Morgan fingerprint density at radius 1 is 0.955 bits per heavy atom. The van der Waals surface area contributed by atoms with Crippen molar-refractivity contribution >= 4 is 57.0 Å². The number of aromatic nitrogens is 1. The van der Waals surface area contributed by atoms with Crippen LogP contribution in [-0.2, 0) is 0 Å². The summed E-state index contributed by atoms with van der Waals surface area (Å²) in [6.07, 6.45) is 0. The van der Waals surface area contributed by atoms with E-state index in [1.807, 2.05) is 37.3 Å². The maximum Gasteiger partial charge on any atom is 0.187 e. The number of benzene rings is 2. The third-order valence-electron chi connectivity index (χ3n) is 3.09. The van der Waals surface area contributed by atoms with Crippen LogP contribution in [0.15, 0.2) is 42.5 Å². The third-order valence-corrected chi connectivity index (χ3v) is 4.96. The summed E-state index contributed by atoms with van der Waals surface area (Å²) in [6.45, 7) is 2.04. The number of aryl methyl sites for hydroxylation is 1. The number of nitrogens with one attached hydrogen (secondary N) is 1. The van der Waals surface area contributed by atoms with E-state index in [0.29, 0.717) is 15.1 Å². The van der Waals surface area contributed by atoms with Crippen molar-refractivity contribution < 1.29 is 0 Å². The molecule has 0 saturated heterocycles. The van der Waals surface area contributed by atoms with Crippen LogP contribution in [0, 0.1) is 6.92 Å². The molecule has 0 atom stereocenters. The van der Waals surface area contributed by atoms with Crippen LogP contribution in [-0.4, -0.2) is 4.98 Å². The van der Waals surface area contributed by atoms with E-state index in [-0.39, 0.29) is 0 Å². The van der Waals surface area contributed by atoms with Gasteiger partial charge in [-0.2, -0.15) is 0 Å². The molecule has 0 aliphatic carbocycles. The molecule has 6 heteroatoms. The summed E-state index contributed by atoms with van der Waals surface area (Å²) in [7, 11) is 0. The summed E-state index contributed by atoms with van der Waals surface area (Å²) < 4.78 is 0. The predicted octanol–water partition coefficient (Wildman–Crippen LogP) is 6.82. The molecule has 0 fully saturated rings. The van der Waals surface area contributed by atoms with Gasteiger partial charge in [0.2, 0.25) is 0 Å². The fraction of sp³-hybridized carbons (Fsp3) is 0.0625. The van der Waals surface area contributed by atoms with Crippen LogP contribution < -0.4 is 5.32 Å². The summed E-state index contributed by atoms with van der Waals surface area (Å²) in [5.41, 5.74) is 2.84. The Hall–Kier alpha value is -1.26. The number of hydrogen-bond donors (Lipinski definition) is 1. The summed E-state index contributed by atoms with van der Waals surface area (Å²) in [5.74, 6) is 0. The summed E-state index contributed by atoms with van der Waals surface area (Å²) >= 11 is 19.5. The normalized spacial score (nSPS) is 10.7. The molecule has 0 aliphatic heterocycles. The lowest BCUT2D eigenvalue weighted by Gasteiger charge is -2.03. The fourth-order valence-electron chi connectivity index (χ4n) is 2.02. The minimum atomic E-state index is 0.512. The Balaban J connectivity index is 1.88. The van der Waals surface area contributed by atoms with Gasteiger partial charge in [0.15, 0.2) is 5.13 Å². The van der Waals surface area contributed by atoms with Gasteiger partial charge in [0.1, 0.15) is 0 Å². The largest absolute Gasteiger partial charge is 0.331 e. The zero-order valence-corrected chi connectivity index (χ0v) is 14.6. The second kappa shape index (κ2) is 6.47. The number of anilines is 2. The molecule has 2 aromatic carbocycles. The quantitative estimate of drug-likeness (QED) is 0.547. The minimum absolute atomic E-state index is 0.512. The van der Waals surface area contributed by atoms with Crippen molar-refractivity contribution in [2.75, 3.05) is 5.32 Å². The lowest BCUT2D eigenvalue weighted by atomic mass is 10.1. The van der Waals surface area contributed by atoms with Crippen molar-refractivity contribution in [1.82, 2.24) is 4.98 Å². The van der Waals surface area contributed by atoms with Crippen molar-refractivity contribution in [2.45, 2.75) is 6.92 Å². The van der Waals surface area contributed by atoms with Crippen LogP contribution in [0.3, 0.4) is 0 Å². The maximum absolute atomic E-state index is 6.03. The molecule has 0 unspecified atom stereocenters. The average molecular weight is 370 g/mol. The smallest absolute Gasteiger partial charge is 0.187 e. The molecule has 3 aromatic rings. The molecule has 1 heterocycles. The Labute approximate surface area is 147 Å². The van der Waals surface area contributed by atoms with Gasteiger partial charge in [0.05, 0.1) is 15.7 Å². The highest BCUT2D eigenvalue weighted by Crippen LogP contribution is 2.33. The van der Waals surface area contributed by atoms with E-state index in [1.54, 1.807) is 23.5 Å². The molecule has 1 aromatic heterocycles. The molecular weight excluding hydrogens is 359 g/mol. The van der Waals surface area contributed by atoms with Gasteiger partial charge in [-0.3, -0.25) is 0 Å². The Kier molecular flexibility index (Phi) is 4.59. The number of halogens is 3. The van der Waals surface area contributed by atoms with Gasteiger partial charge in [-0.05, 0) is 37.3 Å². The second-order valence-corrected chi connectivity index (χ2v) is 7.14. The van der Waals surface area contributed by atoms with Gasteiger partial charge in [0.25, 0.3) is 0 Å². The third kappa shape index (κ3) is 3.39. The average Bonchev–Trinajstić information content (AvgIpc) is 2.84. The molecule has 1 N–H and O–H groups in total. The first kappa shape index (κ1) is 15.6. The molecular formula is C16H11Cl3N2S. The van der Waals surface area contributed by atoms with Crippen LogP contribution >= 0.6 is 46.1 Å². The zero-order chi connectivity index (χ0) is 15.7. The molecule has 0 aliphatic rings. The highest BCUT2D eigenvalue weighted by Gasteiger charge is 2.10. The van der Waals surface area contributed by atoms with Crippen LogP contribution in [0.2, 0.25) is 15.1 Å². The summed E-state index contributed by atoms with van der Waals surface area (Å²) in [4.78, 5) is 5.77. The van der Waals surface area contributed by atoms with Crippen molar-refractivity contribution in [1.29, 1.82) is 0 Å². The van der Waals surface area contributed by atoms with Crippen molar-refractivity contribution in [2.24, 2.45) is 0 Å². The second-order valence-electron chi connectivity index (χ2n) is 4.68. The number of nitrogens with zero attached hydrogens (tertiary/aromatic N) is 1. The fourth-order valence-corrected chi connectivity index (χ4v) is 3.30. The summed E-state index contributed by atoms with van der Waals surface area (Å²) in [6, 6.07) is 13.1. The lowest BCUT2D eigenvalue weighted by Crippen LogP contribution is -1.89. The first-order chi connectivity index (χ1) is 10.5. The van der Waals surface area contributed by atoms with Gasteiger partial charge in [0, 0.05) is 21.2 Å². The molecule has 0 spiro atoms. The maximum atomic E-state index is 6.03. The molecule has 0 amide bonds. The summed E-state index contributed by atoms with van der Waals surface area (Å²) in [5, 5.41) is 5.82. The molecule has 0 saturated carbocycles. The Morgan fingerprint density at radius 2 is 1.68 bits per heavy atom. The monoisotopic (exact) mass is 368 g/mol. The van der Waals surface area contributed by atoms with Crippen molar-refractivity contribution in [3.63, 3.8) is 0 Å². The molecule has 22 heavy (non-hydrogen) atoms. The standard InChI is InChI=1S/C16H11Cl3N2S/c1-9-15(10-2-4-11(17)5-3-10)21-16(22-9)20-12-6-7-13(18)14(19)8-12/h2-8H,1H3,(H,20,21).